The van der Waals surface area contributed by atoms with Gasteiger partial charge in [0.2, 0.25) is 0 Å². The molecular weight excluding hydrogens is 250 g/mol. The van der Waals surface area contributed by atoms with Crippen molar-refractivity contribution in [3.8, 4) is 0 Å². The van der Waals surface area contributed by atoms with E-state index in [0.29, 0.717) is 12.4 Å². The Morgan fingerprint density at radius 3 is 2.94 bits per heavy atom. The van der Waals surface area contributed by atoms with Crippen molar-refractivity contribution in [2.75, 3.05) is 11.1 Å². The molecule has 0 atom stereocenters. The van der Waals surface area contributed by atoms with Crippen molar-refractivity contribution in [3.63, 3.8) is 0 Å². The van der Waals surface area contributed by atoms with Gasteiger partial charge in [-0.2, -0.15) is 0 Å². The third-order valence-corrected chi connectivity index (χ3v) is 3.41. The Labute approximate surface area is 108 Å². The number of anilines is 2. The SMILES string of the molecule is Cc1ccc(CNc2cc(C(=O)O)c(N)cn2)s1. The van der Waals surface area contributed by atoms with Gasteiger partial charge in [0.15, 0.2) is 0 Å². The fourth-order valence-electron chi connectivity index (χ4n) is 1.51. The highest BCUT2D eigenvalue weighted by atomic mass is 32.1. The Bertz CT molecular complexity index is 580. The molecule has 2 aromatic rings. The number of nitrogens with two attached hydrogens (primary N) is 1. The molecular formula is C12H13N3O2S. The highest BCUT2D eigenvalue weighted by Gasteiger charge is 2.09. The maximum absolute atomic E-state index is 10.9. The summed E-state index contributed by atoms with van der Waals surface area (Å²) in [6, 6.07) is 5.52. The van der Waals surface area contributed by atoms with E-state index in [1.807, 2.05) is 19.1 Å². The van der Waals surface area contributed by atoms with E-state index in [4.69, 9.17) is 10.8 Å². The first kappa shape index (κ1) is 12.4. The quantitative estimate of drug-likeness (QED) is 0.788. The van der Waals surface area contributed by atoms with Crippen molar-refractivity contribution in [2.45, 2.75) is 13.5 Å². The maximum atomic E-state index is 10.9. The smallest absolute Gasteiger partial charge is 0.337 e. The molecule has 5 nitrogen and oxygen atoms in total. The second-order valence-corrected chi connectivity index (χ2v) is 5.20. The number of nitrogen functional groups attached to an aromatic ring is 1. The number of carbonyl (C=O) groups is 1. The van der Waals surface area contributed by atoms with Crippen LogP contribution in [0.5, 0.6) is 0 Å². The van der Waals surface area contributed by atoms with Crippen LogP contribution >= 0.6 is 11.3 Å². The van der Waals surface area contributed by atoms with Crippen molar-refractivity contribution >= 4 is 28.8 Å². The van der Waals surface area contributed by atoms with Gasteiger partial charge in [-0.15, -0.1) is 11.3 Å². The first-order valence-corrected chi connectivity index (χ1v) is 6.16. The summed E-state index contributed by atoms with van der Waals surface area (Å²) in [6.45, 7) is 2.66. The molecule has 0 fully saturated rings. The number of aromatic nitrogens is 1. The van der Waals surface area contributed by atoms with Crippen molar-refractivity contribution in [3.05, 3.63) is 39.7 Å². The summed E-state index contributed by atoms with van der Waals surface area (Å²) in [5.41, 5.74) is 5.76. The number of carboxylic acid groups (broad SMARTS) is 1. The molecule has 4 N–H and O–H groups in total. The minimum Gasteiger partial charge on any atom is -0.478 e. The van der Waals surface area contributed by atoms with Crippen LogP contribution in [0.4, 0.5) is 11.5 Å². The van der Waals surface area contributed by atoms with Crippen molar-refractivity contribution < 1.29 is 9.90 Å². The normalized spacial score (nSPS) is 10.3. The lowest BCUT2D eigenvalue weighted by Gasteiger charge is -2.06. The molecule has 0 aliphatic heterocycles. The molecule has 6 heteroatoms. The topological polar surface area (TPSA) is 88.2 Å². The summed E-state index contributed by atoms with van der Waals surface area (Å²) in [4.78, 5) is 17.4. The summed E-state index contributed by atoms with van der Waals surface area (Å²) in [7, 11) is 0. The number of carboxylic acids is 1. The van der Waals surface area contributed by atoms with Crippen LogP contribution in [0.3, 0.4) is 0 Å². The second-order valence-electron chi connectivity index (χ2n) is 3.83. The highest BCUT2D eigenvalue weighted by Crippen LogP contribution is 2.18. The lowest BCUT2D eigenvalue weighted by atomic mass is 10.2. The van der Waals surface area contributed by atoms with Crippen LogP contribution < -0.4 is 11.1 Å². The van der Waals surface area contributed by atoms with E-state index in [1.165, 1.54) is 22.0 Å². The molecule has 0 aromatic carbocycles. The number of pyridine rings is 1. The number of nitrogens with zero attached hydrogens (tertiary/aromatic N) is 1. The predicted molar refractivity (Wildman–Crippen MR) is 72.0 cm³/mol. The third kappa shape index (κ3) is 2.78. The van der Waals surface area contributed by atoms with Gasteiger partial charge in [0.1, 0.15) is 5.82 Å². The van der Waals surface area contributed by atoms with E-state index >= 15 is 0 Å². The number of thiophene rings is 1. The molecule has 18 heavy (non-hydrogen) atoms. The number of aromatic carboxylic acids is 1. The molecule has 2 aromatic heterocycles. The van der Waals surface area contributed by atoms with Crippen LogP contribution in [-0.4, -0.2) is 16.1 Å². The van der Waals surface area contributed by atoms with Gasteiger partial charge in [0.25, 0.3) is 0 Å². The zero-order chi connectivity index (χ0) is 13.1. The lowest BCUT2D eigenvalue weighted by Crippen LogP contribution is -2.06. The number of nitrogens with one attached hydrogen (secondary N) is 1. The fraction of sp³-hybridized carbons (Fsp3) is 0.167. The number of hydrogen-bond acceptors (Lipinski definition) is 5. The summed E-state index contributed by atoms with van der Waals surface area (Å²) in [5.74, 6) is -0.544. The zero-order valence-corrected chi connectivity index (χ0v) is 10.6. The van der Waals surface area contributed by atoms with E-state index in [0.717, 1.165) is 0 Å². The molecule has 0 spiro atoms. The van der Waals surface area contributed by atoms with E-state index in [9.17, 15) is 4.79 Å². The van der Waals surface area contributed by atoms with Crippen molar-refractivity contribution in [1.82, 2.24) is 4.98 Å². The number of rotatable bonds is 4. The first-order valence-electron chi connectivity index (χ1n) is 5.34. The van der Waals surface area contributed by atoms with Crippen LogP contribution in [-0.2, 0) is 6.54 Å². The largest absolute Gasteiger partial charge is 0.478 e. The summed E-state index contributed by atoms with van der Waals surface area (Å²) < 4.78 is 0. The van der Waals surface area contributed by atoms with Crippen LogP contribution in [0.25, 0.3) is 0 Å². The Morgan fingerprint density at radius 2 is 2.33 bits per heavy atom. The van der Waals surface area contributed by atoms with Gasteiger partial charge in [0.05, 0.1) is 24.0 Å². The minimum atomic E-state index is -1.05. The summed E-state index contributed by atoms with van der Waals surface area (Å²) in [6.07, 6.45) is 1.35. The molecule has 0 bridgehead atoms. The van der Waals surface area contributed by atoms with Gasteiger partial charge in [-0.25, -0.2) is 9.78 Å². The molecule has 2 heterocycles. The lowest BCUT2D eigenvalue weighted by molar-refractivity contribution is 0.0698. The molecule has 0 amide bonds. The number of aryl methyl sites for hydroxylation is 1. The van der Waals surface area contributed by atoms with Gasteiger partial charge in [-0.1, -0.05) is 0 Å². The standard InChI is InChI=1S/C12H13N3O2S/c1-7-2-3-8(18-7)5-14-11-4-9(12(16)17)10(13)6-15-11/h2-4,6H,5,13H2,1H3,(H,14,15)(H,16,17). The van der Waals surface area contributed by atoms with Crippen molar-refractivity contribution in [1.29, 1.82) is 0 Å². The third-order valence-electron chi connectivity index (χ3n) is 2.40. The average molecular weight is 263 g/mol. The molecule has 2 rings (SSSR count). The van der Waals surface area contributed by atoms with E-state index < -0.39 is 5.97 Å². The summed E-state index contributed by atoms with van der Waals surface area (Å²) >= 11 is 1.69. The Hall–Kier alpha value is -2.08. The second kappa shape index (κ2) is 5.05. The van der Waals surface area contributed by atoms with Gasteiger partial charge < -0.3 is 16.2 Å². The van der Waals surface area contributed by atoms with Crippen LogP contribution in [0.2, 0.25) is 0 Å². The monoisotopic (exact) mass is 263 g/mol. The molecule has 0 saturated heterocycles. The van der Waals surface area contributed by atoms with Gasteiger partial charge in [0, 0.05) is 9.75 Å². The van der Waals surface area contributed by atoms with Gasteiger partial charge >= 0.3 is 5.97 Å². The molecule has 0 radical (unpaired) electrons. The predicted octanol–water partition coefficient (Wildman–Crippen LogP) is 2.34. The molecule has 0 aliphatic carbocycles. The minimum absolute atomic E-state index is 0.0647. The fourth-order valence-corrected chi connectivity index (χ4v) is 2.34. The van der Waals surface area contributed by atoms with Crippen molar-refractivity contribution in [2.24, 2.45) is 0 Å². The van der Waals surface area contributed by atoms with Crippen LogP contribution in [0.15, 0.2) is 24.4 Å². The molecule has 94 valence electrons. The Morgan fingerprint density at radius 1 is 1.56 bits per heavy atom. The molecule has 0 aliphatic rings. The Balaban J connectivity index is 2.10. The molecule has 0 saturated carbocycles. The highest BCUT2D eigenvalue weighted by molar-refractivity contribution is 7.11. The van der Waals surface area contributed by atoms with Gasteiger partial charge in [-0.05, 0) is 25.1 Å². The van der Waals surface area contributed by atoms with Gasteiger partial charge in [-0.3, -0.25) is 0 Å². The van der Waals surface area contributed by atoms with E-state index in [1.54, 1.807) is 11.3 Å². The molecule has 0 unspecified atom stereocenters. The van der Waals surface area contributed by atoms with E-state index in [-0.39, 0.29) is 11.3 Å². The van der Waals surface area contributed by atoms with Crippen LogP contribution in [0.1, 0.15) is 20.1 Å². The number of hydrogen-bond donors (Lipinski definition) is 3. The summed E-state index contributed by atoms with van der Waals surface area (Å²) in [5, 5.41) is 12.0. The Kier molecular flexibility index (Phi) is 3.47. The first-order chi connectivity index (χ1) is 8.56. The van der Waals surface area contributed by atoms with Crippen LogP contribution in [0, 0.1) is 6.92 Å². The van der Waals surface area contributed by atoms with E-state index in [2.05, 4.69) is 10.3 Å². The average Bonchev–Trinajstić information content (AvgIpc) is 2.74. The zero-order valence-electron chi connectivity index (χ0n) is 9.80. The maximum Gasteiger partial charge on any atom is 0.337 e.